The number of nitrogens with one attached hydrogen (secondary N) is 1. The molecular formula is C26H33BrClN5O2. The maximum Gasteiger partial charge on any atom is 0.306 e. The molecule has 3 heterocycles. The van der Waals surface area contributed by atoms with Crippen molar-refractivity contribution in [2.75, 3.05) is 36.4 Å². The Hall–Kier alpha value is -1.90. The monoisotopic (exact) mass is 561 g/mol. The van der Waals surface area contributed by atoms with Crippen LogP contribution >= 0.6 is 27.5 Å². The number of anilines is 2. The summed E-state index contributed by atoms with van der Waals surface area (Å²) < 4.78 is 0.830. The number of hydrogen-bond donors (Lipinski definition) is 2. The lowest BCUT2D eigenvalue weighted by Crippen LogP contribution is -2.56. The third-order valence-corrected chi connectivity index (χ3v) is 8.94. The highest BCUT2D eigenvalue weighted by Gasteiger charge is 2.42. The van der Waals surface area contributed by atoms with Crippen molar-refractivity contribution in [2.24, 2.45) is 17.8 Å². The molecule has 2 saturated heterocycles. The standard InChI is InChI=1S/C26H33BrClN5O2/c1-15-5-6-21(23(28)8-15)16(2)30-24-22(27)11-29-26(31-24)33-13-19(14-33)17-4-3-7-32(12-17)20-9-18(10-20)25(34)35/h5-6,8,11,16-20H,3-4,7,9-10,12-14H2,1-2H3,(H,34,35)(H,29,30,31)/t16-,17+,18-,20+/m1/s1. The smallest absolute Gasteiger partial charge is 0.306 e. The number of carbonyl (C=O) groups is 1. The van der Waals surface area contributed by atoms with Crippen LogP contribution in [0.25, 0.3) is 0 Å². The first-order valence-corrected chi connectivity index (χ1v) is 13.7. The van der Waals surface area contributed by atoms with E-state index >= 15 is 0 Å². The lowest BCUT2D eigenvalue weighted by molar-refractivity contribution is -0.147. The number of aliphatic carboxylic acids is 1. The number of hydrogen-bond acceptors (Lipinski definition) is 6. The molecule has 2 atom stereocenters. The van der Waals surface area contributed by atoms with E-state index in [1.807, 2.05) is 19.2 Å². The van der Waals surface area contributed by atoms with Gasteiger partial charge in [-0.25, -0.2) is 4.98 Å². The van der Waals surface area contributed by atoms with Crippen molar-refractivity contribution in [3.05, 3.63) is 45.0 Å². The molecule has 1 aliphatic carbocycles. The predicted molar refractivity (Wildman–Crippen MR) is 142 cm³/mol. The van der Waals surface area contributed by atoms with Gasteiger partial charge in [-0.3, -0.25) is 4.79 Å². The number of likely N-dealkylation sites (tertiary alicyclic amines) is 1. The molecule has 0 spiro atoms. The van der Waals surface area contributed by atoms with E-state index in [1.54, 1.807) is 0 Å². The molecule has 2 aromatic rings. The van der Waals surface area contributed by atoms with Crippen molar-refractivity contribution < 1.29 is 9.90 Å². The van der Waals surface area contributed by atoms with Gasteiger partial charge in [0.25, 0.3) is 0 Å². The molecule has 7 nitrogen and oxygen atoms in total. The SMILES string of the molecule is Cc1ccc([C@@H](C)Nc2nc(N3CC([C@H]4CCCN([C@H]5C[C@@H](C(=O)O)C5)C4)C3)ncc2Br)c(Cl)c1. The molecule has 0 radical (unpaired) electrons. The summed E-state index contributed by atoms with van der Waals surface area (Å²) in [7, 11) is 0. The minimum Gasteiger partial charge on any atom is -0.481 e. The quantitative estimate of drug-likeness (QED) is 0.469. The molecule has 1 aromatic carbocycles. The second-order valence-electron chi connectivity index (χ2n) is 10.5. The summed E-state index contributed by atoms with van der Waals surface area (Å²) >= 11 is 10.1. The van der Waals surface area contributed by atoms with Gasteiger partial charge >= 0.3 is 5.97 Å². The Balaban J connectivity index is 1.17. The number of nitrogens with zero attached hydrogens (tertiary/aromatic N) is 4. The van der Waals surface area contributed by atoms with E-state index in [2.05, 4.69) is 55.1 Å². The topological polar surface area (TPSA) is 81.6 Å². The molecule has 3 aliphatic rings. The molecule has 0 bridgehead atoms. The van der Waals surface area contributed by atoms with E-state index in [0.29, 0.717) is 17.9 Å². The number of halogens is 2. The van der Waals surface area contributed by atoms with Gasteiger partial charge in [0.15, 0.2) is 0 Å². The van der Waals surface area contributed by atoms with Crippen LogP contribution in [0.15, 0.2) is 28.9 Å². The summed E-state index contributed by atoms with van der Waals surface area (Å²) in [5.41, 5.74) is 2.18. The normalized spacial score (nSPS) is 26.1. The first-order chi connectivity index (χ1) is 16.8. The summed E-state index contributed by atoms with van der Waals surface area (Å²) in [5.74, 6) is 2.06. The van der Waals surface area contributed by atoms with Crippen LogP contribution in [0.5, 0.6) is 0 Å². The Bertz CT molecular complexity index is 1090. The van der Waals surface area contributed by atoms with Crippen LogP contribution in [0.3, 0.4) is 0 Å². The maximum atomic E-state index is 11.2. The lowest BCUT2D eigenvalue weighted by Gasteiger charge is -2.50. The molecule has 35 heavy (non-hydrogen) atoms. The van der Waals surface area contributed by atoms with Crippen LogP contribution in [0.1, 0.15) is 49.8 Å². The highest BCUT2D eigenvalue weighted by molar-refractivity contribution is 9.10. The predicted octanol–water partition coefficient (Wildman–Crippen LogP) is 5.39. The zero-order chi connectivity index (χ0) is 24.7. The Morgan fingerprint density at radius 1 is 1.26 bits per heavy atom. The largest absolute Gasteiger partial charge is 0.481 e. The van der Waals surface area contributed by atoms with E-state index < -0.39 is 5.97 Å². The van der Waals surface area contributed by atoms with Crippen LogP contribution in [-0.2, 0) is 4.79 Å². The van der Waals surface area contributed by atoms with Gasteiger partial charge in [-0.2, -0.15) is 4.98 Å². The Morgan fingerprint density at radius 3 is 2.74 bits per heavy atom. The number of piperidine rings is 1. The van der Waals surface area contributed by atoms with Gasteiger partial charge in [-0.15, -0.1) is 0 Å². The van der Waals surface area contributed by atoms with E-state index in [4.69, 9.17) is 16.6 Å². The number of aryl methyl sites for hydroxylation is 1. The third kappa shape index (κ3) is 5.30. The van der Waals surface area contributed by atoms with Crippen LogP contribution in [0.4, 0.5) is 11.8 Å². The number of carboxylic acid groups (broad SMARTS) is 1. The molecule has 2 N–H and O–H groups in total. The summed E-state index contributed by atoms with van der Waals surface area (Å²) in [6.07, 6.45) is 5.91. The Morgan fingerprint density at radius 2 is 2.03 bits per heavy atom. The van der Waals surface area contributed by atoms with Crippen molar-refractivity contribution >= 4 is 45.3 Å². The Labute approximate surface area is 220 Å². The number of rotatable bonds is 7. The van der Waals surface area contributed by atoms with Crippen LogP contribution in [0.2, 0.25) is 5.02 Å². The van der Waals surface area contributed by atoms with E-state index in [1.165, 1.54) is 12.8 Å². The van der Waals surface area contributed by atoms with Gasteiger partial charge in [0.1, 0.15) is 5.82 Å². The fraction of sp³-hybridized carbons (Fsp3) is 0.577. The second kappa shape index (κ2) is 10.2. The average Bonchev–Trinajstić information content (AvgIpc) is 2.74. The van der Waals surface area contributed by atoms with Gasteiger partial charge in [0.05, 0.1) is 16.4 Å². The molecule has 9 heteroatoms. The lowest BCUT2D eigenvalue weighted by atomic mass is 9.76. The van der Waals surface area contributed by atoms with Gasteiger partial charge < -0.3 is 20.2 Å². The Kier molecular flexibility index (Phi) is 7.24. The average molecular weight is 563 g/mol. The third-order valence-electron chi connectivity index (χ3n) is 8.03. The van der Waals surface area contributed by atoms with Gasteiger partial charge in [-0.05, 0) is 91.0 Å². The summed E-state index contributed by atoms with van der Waals surface area (Å²) in [5, 5.41) is 13.4. The first kappa shape index (κ1) is 24.8. The van der Waals surface area contributed by atoms with Gasteiger partial charge in [-0.1, -0.05) is 23.7 Å². The summed E-state index contributed by atoms with van der Waals surface area (Å²) in [6, 6.07) is 6.58. The maximum absolute atomic E-state index is 11.2. The van der Waals surface area contributed by atoms with E-state index in [0.717, 1.165) is 71.4 Å². The molecule has 0 amide bonds. The minimum absolute atomic E-state index is 0.00624. The molecule has 188 valence electrons. The van der Waals surface area contributed by atoms with E-state index in [9.17, 15) is 9.90 Å². The summed E-state index contributed by atoms with van der Waals surface area (Å²) in [4.78, 5) is 25.4. The fourth-order valence-electron chi connectivity index (χ4n) is 5.70. The minimum atomic E-state index is -0.635. The molecule has 2 aliphatic heterocycles. The van der Waals surface area contributed by atoms with Gasteiger partial charge in [0.2, 0.25) is 5.95 Å². The van der Waals surface area contributed by atoms with Crippen molar-refractivity contribution in [1.29, 1.82) is 0 Å². The molecule has 1 aromatic heterocycles. The van der Waals surface area contributed by atoms with Crippen molar-refractivity contribution in [3.8, 4) is 0 Å². The zero-order valence-electron chi connectivity index (χ0n) is 20.3. The molecule has 1 saturated carbocycles. The van der Waals surface area contributed by atoms with Crippen molar-refractivity contribution in [1.82, 2.24) is 14.9 Å². The van der Waals surface area contributed by atoms with Crippen LogP contribution in [-0.4, -0.2) is 58.2 Å². The molecule has 3 fully saturated rings. The number of carboxylic acids is 1. The highest BCUT2D eigenvalue weighted by Crippen LogP contribution is 2.38. The molecular weight excluding hydrogens is 530 g/mol. The molecule has 5 rings (SSSR count). The van der Waals surface area contributed by atoms with Crippen LogP contribution < -0.4 is 10.2 Å². The zero-order valence-corrected chi connectivity index (χ0v) is 22.6. The second-order valence-corrected chi connectivity index (χ2v) is 11.7. The van der Waals surface area contributed by atoms with Crippen molar-refractivity contribution in [2.45, 2.75) is 51.6 Å². The summed E-state index contributed by atoms with van der Waals surface area (Å²) in [6.45, 7) is 8.27. The van der Waals surface area contributed by atoms with Crippen LogP contribution in [0, 0.1) is 24.7 Å². The van der Waals surface area contributed by atoms with E-state index in [-0.39, 0.29) is 12.0 Å². The number of benzene rings is 1. The number of aromatic nitrogens is 2. The molecule has 0 unspecified atom stereocenters. The first-order valence-electron chi connectivity index (χ1n) is 12.6. The fourth-order valence-corrected chi connectivity index (χ4v) is 6.40. The van der Waals surface area contributed by atoms with Crippen molar-refractivity contribution in [3.63, 3.8) is 0 Å². The van der Waals surface area contributed by atoms with Gasteiger partial charge in [0, 0.05) is 36.9 Å². The highest BCUT2D eigenvalue weighted by atomic mass is 79.9.